The molecule has 2 fully saturated rings. The number of nitriles is 2. The van der Waals surface area contributed by atoms with Crippen molar-refractivity contribution in [3.63, 3.8) is 0 Å². The van der Waals surface area contributed by atoms with Crippen molar-refractivity contribution in [3.8, 4) is 17.8 Å². The molecule has 2 spiro atoms. The van der Waals surface area contributed by atoms with Gasteiger partial charge in [-0.2, -0.15) is 10.5 Å². The van der Waals surface area contributed by atoms with Gasteiger partial charge < -0.3 is 35.2 Å². The highest BCUT2D eigenvalue weighted by Crippen LogP contribution is 2.50. The van der Waals surface area contributed by atoms with E-state index in [0.29, 0.717) is 66.7 Å². The summed E-state index contributed by atoms with van der Waals surface area (Å²) in [7, 11) is 0. The highest BCUT2D eigenvalue weighted by atomic mass is 19.1. The molecule has 6 aliphatic heterocycles. The monoisotopic (exact) mass is 1170 g/mol. The van der Waals surface area contributed by atoms with Gasteiger partial charge in [0, 0.05) is 74.2 Å². The second kappa shape index (κ2) is 22.3. The van der Waals surface area contributed by atoms with E-state index in [1.54, 1.807) is 12.1 Å². The summed E-state index contributed by atoms with van der Waals surface area (Å²) in [4.78, 5) is 100. The van der Waals surface area contributed by atoms with Crippen molar-refractivity contribution in [2.75, 3.05) is 36.8 Å². The number of fused-ring (bicyclic) bond motifs is 5. The molecule has 13 rings (SSSR count). The number of hydrogen-bond donors (Lipinski definition) is 3. The van der Waals surface area contributed by atoms with Crippen molar-refractivity contribution in [1.29, 1.82) is 10.5 Å². The van der Waals surface area contributed by atoms with Crippen LogP contribution >= 0.6 is 0 Å². The van der Waals surface area contributed by atoms with Crippen LogP contribution in [0.2, 0.25) is 0 Å². The van der Waals surface area contributed by atoms with Gasteiger partial charge >= 0.3 is 0 Å². The first-order valence-electron chi connectivity index (χ1n) is 29.9. The van der Waals surface area contributed by atoms with Gasteiger partial charge in [0.25, 0.3) is 17.6 Å². The molecule has 8 heterocycles. The molecule has 0 aliphatic carbocycles. The lowest BCUT2D eigenvalue weighted by molar-refractivity contribution is -0.137. The number of carbonyl (C=O) groups is 6. The van der Waals surface area contributed by atoms with Crippen LogP contribution in [0.4, 0.5) is 20.2 Å². The fraction of sp³-hybridized carbons (Fsp3) is 0.379. The predicted molar refractivity (Wildman–Crippen MR) is 315 cm³/mol. The number of amides is 6. The Hall–Kier alpha value is -9.63. The van der Waals surface area contributed by atoms with Gasteiger partial charge in [-0.3, -0.25) is 28.8 Å². The summed E-state index contributed by atoms with van der Waals surface area (Å²) < 4.78 is 30.0. The number of aromatic nitrogens is 5. The lowest BCUT2D eigenvalue weighted by atomic mass is 9.77. The Bertz CT molecular complexity index is 4060. The number of anilines is 2. The number of nitrogens with one attached hydrogen (secondary N) is 3. The van der Waals surface area contributed by atoms with Crippen LogP contribution in [0, 0.1) is 40.2 Å². The van der Waals surface area contributed by atoms with Gasteiger partial charge in [-0.25, -0.2) is 8.78 Å². The molecule has 3 N–H and O–H groups in total. The minimum Gasteiger partial charge on any atom is -0.350 e. The van der Waals surface area contributed by atoms with E-state index in [1.807, 2.05) is 92.7 Å². The summed E-state index contributed by atoms with van der Waals surface area (Å²) in [6, 6.07) is 31.9. The number of hydrogen-bond acceptors (Lipinski definition) is 11. The van der Waals surface area contributed by atoms with Gasteiger partial charge in [-0.15, -0.1) is 15.0 Å². The lowest BCUT2D eigenvalue weighted by Crippen LogP contribution is -2.54. The summed E-state index contributed by atoms with van der Waals surface area (Å²) in [5.74, 6) is -5.25. The number of H-pyrrole nitrogens is 1. The van der Waals surface area contributed by atoms with Gasteiger partial charge in [0.15, 0.2) is 0 Å². The van der Waals surface area contributed by atoms with Crippen molar-refractivity contribution in [3.05, 3.63) is 166 Å². The maximum Gasteiger partial charge on any atom is 0.296 e. The summed E-state index contributed by atoms with van der Waals surface area (Å²) >= 11 is 0. The number of nitrogens with zero attached hydrogens (tertiary/aromatic N) is 10. The number of tetrazole rings is 1. The lowest BCUT2D eigenvalue weighted by Gasteiger charge is -2.35. The Kier molecular flexibility index (Phi) is 14.5. The molecular weight excluding hydrogens is 1110 g/mol. The highest BCUT2D eigenvalue weighted by molar-refractivity contribution is 6.09. The Balaban J connectivity index is 0.890. The summed E-state index contributed by atoms with van der Waals surface area (Å²) in [5.41, 5.74) is 3.96. The SMILES string of the molecule is CC(C)C[C@H]1C(=O)N2C[C@]3(C[C@H]2C#N)C(=O)Nc2ccc(cc23)C(c2cccc(C[C@H]3C(=O)N4C[C@]5(C[C@H]4C#N)C(=O)Nc4ccc(cc45)CCCCCN3C(=O)c3cc4c(F)cc(F)cc4[nH]3)c2)CCCCN1C(=O)c1nnn(-c2ccccc2)n1. The van der Waals surface area contributed by atoms with E-state index in [9.17, 15) is 29.3 Å². The Labute approximate surface area is 500 Å². The second-order valence-corrected chi connectivity index (χ2v) is 24.6. The fourth-order valence-electron chi connectivity index (χ4n) is 14.4. The van der Waals surface area contributed by atoms with E-state index in [4.69, 9.17) is 0 Å². The maximum atomic E-state index is 15.9. The van der Waals surface area contributed by atoms with E-state index in [1.165, 1.54) is 30.5 Å². The third-order valence-corrected chi connectivity index (χ3v) is 18.8. The van der Waals surface area contributed by atoms with E-state index in [-0.39, 0.29) is 97.9 Å². The van der Waals surface area contributed by atoms with E-state index in [2.05, 4.69) is 43.2 Å². The first kappa shape index (κ1) is 56.5. The standard InChI is InChI=1S/C66H63F2N13O6/c1-38(2)24-56-60(83)79-37-66(33-46(79)35-70)50-28-42(19-21-53(50)73-64(66)87)47(17-8-10-23-78(56)62(85)58-74-76-81(75-58)44-15-6-3-7-16-44)41-14-11-13-40(25-41)27-57-61(84)80-36-65(32-45(80)34-69)49-26-39(18-20-52(49)72-63(65)86)12-5-4-9-22-77(57)59(82)55-31-48-51(68)29-43(67)30-54(48)71-55/h3,6-7,11,13-16,18-21,25-26,28-31,38,45-47,56-57,71H,4-5,8-10,12,17,22-24,27,32-33,36-37H2,1-2H3,(H,72,86)(H,73,87)/t45-,46-,47?,56-,57-,65-,66-/m0/s1. The molecule has 8 bridgehead atoms. The van der Waals surface area contributed by atoms with Crippen molar-refractivity contribution in [2.24, 2.45) is 5.92 Å². The van der Waals surface area contributed by atoms with Crippen LogP contribution in [-0.4, -0.2) is 131 Å². The number of aromatic amines is 1. The molecule has 7 atom stereocenters. The van der Waals surface area contributed by atoms with Crippen LogP contribution in [0.5, 0.6) is 0 Å². The predicted octanol–water partition coefficient (Wildman–Crippen LogP) is 8.40. The van der Waals surface area contributed by atoms with Crippen LogP contribution in [0.25, 0.3) is 16.6 Å². The van der Waals surface area contributed by atoms with Crippen LogP contribution in [0.15, 0.2) is 109 Å². The number of carbonyl (C=O) groups excluding carboxylic acids is 6. The number of rotatable bonds is 8. The zero-order valence-electron chi connectivity index (χ0n) is 48.1. The molecule has 2 saturated heterocycles. The molecule has 0 saturated carbocycles. The van der Waals surface area contributed by atoms with E-state index < -0.39 is 70.3 Å². The fourth-order valence-corrected chi connectivity index (χ4v) is 14.4. The zero-order valence-corrected chi connectivity index (χ0v) is 48.1. The Morgan fingerprint density at radius 3 is 2.06 bits per heavy atom. The molecule has 19 nitrogen and oxygen atoms in total. The third-order valence-electron chi connectivity index (χ3n) is 18.8. The molecule has 2 aromatic heterocycles. The van der Waals surface area contributed by atoms with Gasteiger partial charge in [0.1, 0.15) is 41.5 Å². The van der Waals surface area contributed by atoms with E-state index >= 15 is 18.8 Å². The third kappa shape index (κ3) is 9.92. The summed E-state index contributed by atoms with van der Waals surface area (Å²) in [6.45, 7) is 3.88. The molecular formula is C66H63F2N13O6. The summed E-state index contributed by atoms with van der Waals surface area (Å²) in [6.07, 6.45) is 4.24. The minimum atomic E-state index is -1.30. The second-order valence-electron chi connectivity index (χ2n) is 24.6. The van der Waals surface area contributed by atoms with Crippen molar-refractivity contribution >= 4 is 57.7 Å². The van der Waals surface area contributed by atoms with Gasteiger partial charge in [-0.1, -0.05) is 93.4 Å². The largest absolute Gasteiger partial charge is 0.350 e. The number of benzene rings is 5. The maximum absolute atomic E-state index is 15.9. The quantitative estimate of drug-likeness (QED) is 0.130. The topological polar surface area (TPSA) is 246 Å². The van der Waals surface area contributed by atoms with E-state index in [0.717, 1.165) is 40.8 Å². The molecule has 7 aromatic rings. The Morgan fingerprint density at radius 1 is 0.701 bits per heavy atom. The van der Waals surface area contributed by atoms with Crippen LogP contribution in [0.1, 0.15) is 132 Å². The average Bonchev–Trinajstić information content (AvgIpc) is 1.61. The number of para-hydroxylation sites is 1. The van der Waals surface area contributed by atoms with Crippen LogP contribution < -0.4 is 10.6 Å². The van der Waals surface area contributed by atoms with Crippen molar-refractivity contribution in [2.45, 2.75) is 125 Å². The molecule has 6 amide bonds. The molecule has 87 heavy (non-hydrogen) atoms. The molecule has 21 heteroatoms. The first-order valence-corrected chi connectivity index (χ1v) is 29.9. The molecule has 442 valence electrons. The smallest absolute Gasteiger partial charge is 0.296 e. The first-order chi connectivity index (χ1) is 42.1. The van der Waals surface area contributed by atoms with Crippen molar-refractivity contribution < 1.29 is 37.5 Å². The van der Waals surface area contributed by atoms with Crippen molar-refractivity contribution in [1.82, 2.24) is 44.8 Å². The van der Waals surface area contributed by atoms with Gasteiger partial charge in [0.05, 0.1) is 34.2 Å². The Morgan fingerprint density at radius 2 is 1.36 bits per heavy atom. The van der Waals surface area contributed by atoms with Gasteiger partial charge in [-0.05, 0) is 119 Å². The zero-order chi connectivity index (χ0) is 60.5. The molecule has 0 radical (unpaired) electrons. The molecule has 5 aromatic carbocycles. The van der Waals surface area contributed by atoms with Crippen LogP contribution in [0.3, 0.4) is 0 Å². The van der Waals surface area contributed by atoms with Gasteiger partial charge in [0.2, 0.25) is 23.6 Å². The molecule has 6 aliphatic rings. The normalized spacial score (nSPS) is 24.6. The minimum absolute atomic E-state index is 0.00311. The highest BCUT2D eigenvalue weighted by Gasteiger charge is 2.59. The molecule has 1 unspecified atom stereocenters. The number of halogens is 2. The number of aryl methyl sites for hydroxylation is 1. The van der Waals surface area contributed by atoms with Crippen LogP contribution in [-0.2, 0) is 42.8 Å². The summed E-state index contributed by atoms with van der Waals surface area (Å²) in [5, 5.41) is 40.6. The average molecular weight is 1170 g/mol.